The predicted octanol–water partition coefficient (Wildman–Crippen LogP) is 4.30. The molecule has 8 heteroatoms. The molecule has 166 valence electrons. The summed E-state index contributed by atoms with van der Waals surface area (Å²) < 4.78 is 9.53. The molecule has 3 unspecified atom stereocenters. The number of nitrogens with zero attached hydrogens (tertiary/aromatic N) is 1. The minimum absolute atomic E-state index is 0.176. The summed E-state index contributed by atoms with van der Waals surface area (Å²) in [6, 6.07) is 4.75. The van der Waals surface area contributed by atoms with E-state index in [4.69, 9.17) is 21.1 Å². The number of hydrogen-bond donors (Lipinski definition) is 1. The highest BCUT2D eigenvalue weighted by Gasteiger charge is 2.57. The van der Waals surface area contributed by atoms with Crippen molar-refractivity contribution in [3.63, 3.8) is 0 Å². The molecule has 0 bridgehead atoms. The van der Waals surface area contributed by atoms with Crippen LogP contribution in [0.2, 0.25) is 5.02 Å². The first kappa shape index (κ1) is 24.2. The smallest absolute Gasteiger partial charge is 0.469 e. The summed E-state index contributed by atoms with van der Waals surface area (Å²) in [5.74, 6) is -1.28. The van der Waals surface area contributed by atoms with Crippen LogP contribution >= 0.6 is 11.6 Å². The number of carbonyl (C=O) groups excluding carboxylic acids is 2. The van der Waals surface area contributed by atoms with Gasteiger partial charge in [0.1, 0.15) is 18.0 Å². The highest BCUT2D eigenvalue weighted by Crippen LogP contribution is 2.40. The van der Waals surface area contributed by atoms with E-state index in [1.54, 1.807) is 18.2 Å². The van der Waals surface area contributed by atoms with Gasteiger partial charge < -0.3 is 14.6 Å². The van der Waals surface area contributed by atoms with Gasteiger partial charge in [-0.1, -0.05) is 11.6 Å². The normalized spacial score (nSPS) is 24.2. The molecule has 1 aliphatic rings. The molecule has 1 aromatic carbocycles. The largest absolute Gasteiger partial charge is 0.514 e. The van der Waals surface area contributed by atoms with Gasteiger partial charge in [0, 0.05) is 17.9 Å². The quantitative estimate of drug-likeness (QED) is 0.542. The number of halogens is 1. The van der Waals surface area contributed by atoms with E-state index < -0.39 is 23.5 Å². The third kappa shape index (κ3) is 4.62. The van der Waals surface area contributed by atoms with Gasteiger partial charge in [0.15, 0.2) is 0 Å². The Kier molecular flexibility index (Phi) is 7.53. The molecule has 7 nitrogen and oxygen atoms in total. The maximum Gasteiger partial charge on any atom is 0.514 e. The van der Waals surface area contributed by atoms with Crippen molar-refractivity contribution in [1.82, 2.24) is 0 Å². The first-order valence-corrected chi connectivity index (χ1v) is 10.4. The zero-order valence-corrected chi connectivity index (χ0v) is 19.0. The van der Waals surface area contributed by atoms with Gasteiger partial charge in [-0.15, -0.1) is 0 Å². The second kappa shape index (κ2) is 9.35. The number of aryl methyl sites for hydroxylation is 1. The average molecular weight is 441 g/mol. The van der Waals surface area contributed by atoms with Gasteiger partial charge in [0.25, 0.3) is 0 Å². The van der Waals surface area contributed by atoms with E-state index in [-0.39, 0.29) is 23.0 Å². The summed E-state index contributed by atoms with van der Waals surface area (Å²) >= 11 is 6.13. The number of ether oxygens (including phenoxy) is 2. The molecule has 1 amide bonds. The maximum absolute atomic E-state index is 12.6. The van der Waals surface area contributed by atoms with Crippen LogP contribution < -0.4 is 0 Å². The highest BCUT2D eigenvalue weighted by molar-refractivity contribution is 6.30. The third-order valence-electron chi connectivity index (χ3n) is 6.27. The van der Waals surface area contributed by atoms with Crippen LogP contribution in [0.25, 0.3) is 0 Å². The second-order valence-electron chi connectivity index (χ2n) is 8.79. The van der Waals surface area contributed by atoms with Crippen LogP contribution in [0, 0.1) is 5.92 Å². The number of carboxylic acid groups (broad SMARTS) is 1. The SMILES string of the molecule is COC(=O)c1ccc(Cl)cc1CCC1CCC(C(=O)OC)C[N+]1(C(=O)O)C(C)(C)C. The molecule has 2 rings (SSSR count). The molecule has 3 atom stereocenters. The van der Waals surface area contributed by atoms with E-state index in [0.717, 1.165) is 5.56 Å². The second-order valence-corrected chi connectivity index (χ2v) is 9.22. The van der Waals surface area contributed by atoms with Crippen molar-refractivity contribution in [3.05, 3.63) is 34.3 Å². The molecule has 1 aliphatic heterocycles. The van der Waals surface area contributed by atoms with E-state index in [0.29, 0.717) is 36.3 Å². The Morgan fingerprint density at radius 1 is 1.17 bits per heavy atom. The van der Waals surface area contributed by atoms with Gasteiger partial charge in [0.2, 0.25) is 0 Å². The number of rotatable bonds is 5. The van der Waals surface area contributed by atoms with Crippen LogP contribution in [0.5, 0.6) is 0 Å². The molecule has 1 N–H and O–H groups in total. The Balaban J connectivity index is 2.38. The van der Waals surface area contributed by atoms with Gasteiger partial charge >= 0.3 is 18.0 Å². The highest BCUT2D eigenvalue weighted by atomic mass is 35.5. The number of methoxy groups -OCH3 is 2. The lowest BCUT2D eigenvalue weighted by Crippen LogP contribution is -2.71. The van der Waals surface area contributed by atoms with Gasteiger partial charge in [-0.2, -0.15) is 4.79 Å². The Morgan fingerprint density at radius 3 is 2.37 bits per heavy atom. The summed E-state index contributed by atoms with van der Waals surface area (Å²) in [5, 5.41) is 10.8. The summed E-state index contributed by atoms with van der Waals surface area (Å²) in [7, 11) is 2.65. The van der Waals surface area contributed by atoms with E-state index >= 15 is 0 Å². The number of amides is 1. The first-order valence-electron chi connectivity index (χ1n) is 10.0. The van der Waals surface area contributed by atoms with Crippen molar-refractivity contribution in [2.75, 3.05) is 20.8 Å². The van der Waals surface area contributed by atoms with Crippen LogP contribution in [0.4, 0.5) is 4.79 Å². The molecule has 30 heavy (non-hydrogen) atoms. The number of hydrogen-bond acceptors (Lipinski definition) is 5. The Morgan fingerprint density at radius 2 is 1.83 bits per heavy atom. The van der Waals surface area contributed by atoms with Crippen LogP contribution in [0.3, 0.4) is 0 Å². The van der Waals surface area contributed by atoms with Gasteiger partial charge in [-0.25, -0.2) is 9.28 Å². The van der Waals surface area contributed by atoms with E-state index in [9.17, 15) is 19.5 Å². The first-order chi connectivity index (χ1) is 14.0. The number of quaternary nitrogens is 1. The molecule has 0 spiro atoms. The predicted molar refractivity (Wildman–Crippen MR) is 113 cm³/mol. The van der Waals surface area contributed by atoms with Crippen LogP contribution in [-0.2, 0) is 20.7 Å². The van der Waals surface area contributed by atoms with Crippen molar-refractivity contribution in [2.45, 2.75) is 58.0 Å². The number of benzene rings is 1. The fourth-order valence-corrected chi connectivity index (χ4v) is 4.86. The molecule has 1 heterocycles. The molecular weight excluding hydrogens is 410 g/mol. The molecule has 0 aliphatic carbocycles. The standard InChI is InChI=1S/C22H30ClNO6/c1-22(2,3)24(21(27)28)13-15(19(25)29-4)7-10-17(24)9-6-14-12-16(23)8-11-18(14)20(26)30-5/h8,11-12,15,17H,6-7,9-10,13H2,1-5H3/p+1. The Bertz CT molecular complexity index is 818. The molecule has 1 aromatic rings. The monoisotopic (exact) mass is 440 g/mol. The summed E-state index contributed by atoms with van der Waals surface area (Å²) in [6.45, 7) is 5.82. The van der Waals surface area contributed by atoms with Crippen molar-refractivity contribution in [3.8, 4) is 0 Å². The Labute approximate surface area is 182 Å². The van der Waals surface area contributed by atoms with Crippen LogP contribution in [-0.4, -0.2) is 60.0 Å². The fraction of sp³-hybridized carbons (Fsp3) is 0.591. The summed E-state index contributed by atoms with van der Waals surface area (Å²) in [4.78, 5) is 36.9. The molecule has 0 saturated carbocycles. The van der Waals surface area contributed by atoms with Gasteiger partial charge in [-0.05, 0) is 57.4 Å². The van der Waals surface area contributed by atoms with E-state index in [2.05, 4.69) is 0 Å². The maximum atomic E-state index is 12.6. The topological polar surface area (TPSA) is 89.9 Å². The van der Waals surface area contributed by atoms with Crippen LogP contribution in [0.1, 0.15) is 56.0 Å². The average Bonchev–Trinajstić information content (AvgIpc) is 2.69. The lowest BCUT2D eigenvalue weighted by Gasteiger charge is -2.52. The number of likely N-dealkylation sites (tertiary alicyclic amines) is 1. The zero-order valence-electron chi connectivity index (χ0n) is 18.2. The lowest BCUT2D eigenvalue weighted by atomic mass is 9.82. The van der Waals surface area contributed by atoms with Crippen LogP contribution in [0.15, 0.2) is 18.2 Å². The van der Waals surface area contributed by atoms with Gasteiger partial charge in [-0.3, -0.25) is 4.79 Å². The number of esters is 2. The van der Waals surface area contributed by atoms with E-state index in [1.165, 1.54) is 14.2 Å². The minimum Gasteiger partial charge on any atom is -0.469 e. The number of piperidine rings is 1. The van der Waals surface area contributed by atoms with Crippen molar-refractivity contribution in [1.29, 1.82) is 0 Å². The van der Waals surface area contributed by atoms with E-state index in [1.807, 2.05) is 20.8 Å². The molecular formula is C22H31ClNO6+. The number of carbonyl (C=O) groups is 3. The summed E-state index contributed by atoms with van der Waals surface area (Å²) in [6.07, 6.45) is 1.18. The minimum atomic E-state index is -0.958. The lowest BCUT2D eigenvalue weighted by molar-refractivity contribution is -0.933. The Hall–Kier alpha value is -2.12. The third-order valence-corrected chi connectivity index (χ3v) is 6.51. The van der Waals surface area contributed by atoms with Crippen molar-refractivity contribution < 1.29 is 33.4 Å². The zero-order chi connectivity index (χ0) is 22.7. The van der Waals surface area contributed by atoms with Gasteiger partial charge in [0.05, 0.1) is 25.8 Å². The summed E-state index contributed by atoms with van der Waals surface area (Å²) in [5.41, 5.74) is 0.513. The molecule has 1 saturated heterocycles. The molecule has 0 aromatic heterocycles. The molecule has 1 fully saturated rings. The van der Waals surface area contributed by atoms with Crippen molar-refractivity contribution in [2.24, 2.45) is 5.92 Å². The molecule has 0 radical (unpaired) electrons. The van der Waals surface area contributed by atoms with Crippen molar-refractivity contribution >= 4 is 29.6 Å². The fourth-order valence-electron chi connectivity index (χ4n) is 4.67.